The standard InChI is InChI=1S/C39H53BrN4O2/c1-26-14-16-32-30(22-26)38(2,3)34(41(32)18-12-20-43(6,7)8)24-28-36(45)29(37(28)46)25-35-39(4,5)31-23-27(40)15-17-33(31)42(35)19-13-21-44(9,10)11/h14-17,22-25H,12-13,18-21H2,1-11H3/q+2. The first-order valence-corrected chi connectivity index (χ1v) is 17.4. The van der Waals surface area contributed by atoms with Crippen molar-refractivity contribution in [3.63, 3.8) is 0 Å². The molecular formula is C39H53BrN4O2+2. The van der Waals surface area contributed by atoms with Gasteiger partial charge < -0.3 is 19.0 Å². The van der Waals surface area contributed by atoms with Crippen molar-refractivity contribution in [2.75, 3.05) is 73.4 Å². The smallest absolute Gasteiger partial charge is 0.209 e. The molecule has 2 heterocycles. The topological polar surface area (TPSA) is 46.4 Å². The van der Waals surface area contributed by atoms with Gasteiger partial charge in [-0.15, -0.1) is 0 Å². The number of hydrogen-bond acceptors (Lipinski definition) is 3. The lowest BCUT2D eigenvalue weighted by atomic mass is 9.77. The largest absolute Gasteiger partial charge is 0.871 e. The van der Waals surface area contributed by atoms with E-state index in [1.165, 1.54) is 22.4 Å². The maximum atomic E-state index is 13.9. The Kier molecular flexibility index (Phi) is 8.89. The van der Waals surface area contributed by atoms with Gasteiger partial charge in [0.1, 0.15) is 0 Å². The third-order valence-corrected chi connectivity index (χ3v) is 10.4. The number of nitrogens with zero attached hydrogens (tertiary/aromatic N) is 4. The third kappa shape index (κ3) is 6.43. The van der Waals surface area contributed by atoms with E-state index in [1.54, 1.807) is 0 Å². The number of fused-ring (bicyclic) bond motifs is 2. The van der Waals surface area contributed by atoms with E-state index in [9.17, 15) is 9.90 Å². The minimum Gasteiger partial charge on any atom is -0.871 e. The van der Waals surface area contributed by atoms with Gasteiger partial charge in [0.25, 0.3) is 0 Å². The van der Waals surface area contributed by atoms with Gasteiger partial charge in [-0.2, -0.15) is 4.58 Å². The van der Waals surface area contributed by atoms with Crippen LogP contribution in [0.4, 0.5) is 11.4 Å². The average molecular weight is 690 g/mol. The average Bonchev–Trinajstić information content (AvgIpc) is 3.26. The Labute approximate surface area is 285 Å². The van der Waals surface area contributed by atoms with E-state index < -0.39 is 0 Å². The molecule has 0 amide bonds. The van der Waals surface area contributed by atoms with E-state index in [-0.39, 0.29) is 22.4 Å². The summed E-state index contributed by atoms with van der Waals surface area (Å²) in [6.45, 7) is 14.6. The van der Waals surface area contributed by atoms with E-state index in [4.69, 9.17) is 0 Å². The molecule has 0 saturated carbocycles. The van der Waals surface area contributed by atoms with Crippen LogP contribution in [0.15, 0.2) is 75.6 Å². The van der Waals surface area contributed by atoms with Crippen molar-refractivity contribution in [3.8, 4) is 0 Å². The Morgan fingerprint density at radius 3 is 2.15 bits per heavy atom. The number of rotatable bonds is 10. The molecule has 7 heteroatoms. The van der Waals surface area contributed by atoms with E-state index in [1.807, 2.05) is 12.2 Å². The predicted octanol–water partition coefficient (Wildman–Crippen LogP) is 6.13. The number of carbonyl (C=O) groups excluding carboxylic acids is 1. The number of ketones is 1. The summed E-state index contributed by atoms with van der Waals surface area (Å²) in [6, 6.07) is 13.0. The second-order valence-electron chi connectivity index (χ2n) is 16.5. The lowest BCUT2D eigenvalue weighted by Crippen LogP contribution is -2.38. The molecule has 2 aromatic carbocycles. The van der Waals surface area contributed by atoms with Crippen LogP contribution in [-0.4, -0.2) is 93.5 Å². The van der Waals surface area contributed by atoms with Crippen molar-refractivity contribution in [2.45, 2.75) is 58.3 Å². The van der Waals surface area contributed by atoms with Crippen LogP contribution in [0.25, 0.3) is 0 Å². The van der Waals surface area contributed by atoms with E-state index in [0.717, 1.165) is 69.6 Å². The van der Waals surface area contributed by atoms with Crippen LogP contribution in [0.2, 0.25) is 0 Å². The van der Waals surface area contributed by atoms with Crippen molar-refractivity contribution in [1.82, 2.24) is 0 Å². The molecule has 3 aliphatic rings. The monoisotopic (exact) mass is 688 g/mol. The van der Waals surface area contributed by atoms with Crippen LogP contribution in [0.3, 0.4) is 0 Å². The van der Waals surface area contributed by atoms with Crippen molar-refractivity contribution in [3.05, 3.63) is 92.3 Å². The van der Waals surface area contributed by atoms with E-state index in [0.29, 0.717) is 11.1 Å². The first-order valence-electron chi connectivity index (χ1n) is 16.6. The van der Waals surface area contributed by atoms with Crippen molar-refractivity contribution in [2.24, 2.45) is 0 Å². The van der Waals surface area contributed by atoms with Crippen molar-refractivity contribution < 1.29 is 23.4 Å². The highest BCUT2D eigenvalue weighted by Crippen LogP contribution is 2.49. The van der Waals surface area contributed by atoms with Crippen LogP contribution >= 0.6 is 15.9 Å². The SMILES string of the molecule is Cc1ccc2c(c1)C(C)(C)/C(=C/C1=C([O-])C(=CC3=[N+](CCC[N+](C)(C)C)c4ccc(Br)cc4C3(C)C)C1=O)N2CCC[N+](C)(C)C. The summed E-state index contributed by atoms with van der Waals surface area (Å²) < 4.78 is 5.13. The molecule has 0 radical (unpaired) electrons. The summed E-state index contributed by atoms with van der Waals surface area (Å²) in [7, 11) is 13.3. The molecule has 0 aromatic heterocycles. The first kappa shape index (κ1) is 34.3. The third-order valence-electron chi connectivity index (χ3n) is 9.86. The Hall–Kier alpha value is -3.00. The Bertz CT molecular complexity index is 1710. The number of Topliss-reactive ketones (excluding diaryl/α,β-unsaturated/α-hetero) is 1. The van der Waals surface area contributed by atoms with Gasteiger partial charge in [-0.3, -0.25) is 4.79 Å². The molecule has 0 spiro atoms. The number of anilines is 1. The van der Waals surface area contributed by atoms with Gasteiger partial charge in [-0.05, 0) is 50.6 Å². The van der Waals surface area contributed by atoms with Gasteiger partial charge in [0.15, 0.2) is 18.0 Å². The van der Waals surface area contributed by atoms with E-state index in [2.05, 4.69) is 139 Å². The molecule has 0 unspecified atom stereocenters. The molecule has 6 nitrogen and oxygen atoms in total. The molecular weight excluding hydrogens is 636 g/mol. The van der Waals surface area contributed by atoms with Gasteiger partial charge in [0.2, 0.25) is 5.69 Å². The van der Waals surface area contributed by atoms with Gasteiger partial charge >= 0.3 is 0 Å². The fraction of sp³-hybridized carbons (Fsp3) is 0.487. The summed E-state index contributed by atoms with van der Waals surface area (Å²) in [5.41, 5.74) is 7.93. The molecule has 5 rings (SSSR count). The number of aryl methyl sites for hydroxylation is 1. The molecule has 0 atom stereocenters. The highest BCUT2D eigenvalue weighted by Gasteiger charge is 2.46. The van der Waals surface area contributed by atoms with Gasteiger partial charge in [-0.25, -0.2) is 0 Å². The predicted molar refractivity (Wildman–Crippen MR) is 192 cm³/mol. The molecule has 246 valence electrons. The van der Waals surface area contributed by atoms with Crippen LogP contribution in [0.5, 0.6) is 0 Å². The second-order valence-corrected chi connectivity index (χ2v) is 17.4. The zero-order valence-electron chi connectivity index (χ0n) is 29.8. The zero-order valence-corrected chi connectivity index (χ0v) is 31.4. The summed E-state index contributed by atoms with van der Waals surface area (Å²) in [5, 5.41) is 13.9. The van der Waals surface area contributed by atoms with Crippen molar-refractivity contribution >= 4 is 38.8 Å². The number of quaternary nitrogens is 2. The molecule has 0 bridgehead atoms. The number of benzene rings is 2. The highest BCUT2D eigenvalue weighted by atomic mass is 79.9. The minimum atomic E-state index is -0.354. The minimum absolute atomic E-state index is 0.154. The highest BCUT2D eigenvalue weighted by molar-refractivity contribution is 9.10. The first-order chi connectivity index (χ1) is 21.2. The fourth-order valence-corrected chi connectivity index (χ4v) is 7.58. The molecule has 2 aromatic rings. The summed E-state index contributed by atoms with van der Waals surface area (Å²) in [6.07, 6.45) is 5.79. The summed E-state index contributed by atoms with van der Waals surface area (Å²) in [4.78, 5) is 16.2. The van der Waals surface area contributed by atoms with Gasteiger partial charge in [-0.1, -0.05) is 53.2 Å². The number of allylic oxidation sites excluding steroid dienone is 5. The van der Waals surface area contributed by atoms with Crippen molar-refractivity contribution in [1.29, 1.82) is 0 Å². The maximum Gasteiger partial charge on any atom is 0.209 e. The summed E-state index contributed by atoms with van der Waals surface area (Å²) in [5.74, 6) is -0.308. The van der Waals surface area contributed by atoms with Crippen LogP contribution in [-0.2, 0) is 15.6 Å². The Morgan fingerprint density at radius 1 is 0.870 bits per heavy atom. The second kappa shape index (κ2) is 11.9. The normalized spacial score (nSPS) is 20.6. The molecule has 0 saturated heterocycles. The van der Waals surface area contributed by atoms with Crippen LogP contribution in [0.1, 0.15) is 57.2 Å². The number of halogens is 1. The zero-order chi connectivity index (χ0) is 34.0. The molecule has 1 aliphatic carbocycles. The van der Waals surface area contributed by atoms with Crippen LogP contribution in [0, 0.1) is 6.92 Å². The Morgan fingerprint density at radius 2 is 1.52 bits per heavy atom. The number of hydrogen-bond donors (Lipinski definition) is 0. The quantitative estimate of drug-likeness (QED) is 0.171. The Balaban J connectivity index is 1.55. The van der Waals surface area contributed by atoms with Crippen LogP contribution < -0.4 is 10.0 Å². The number of carbonyl (C=O) groups is 1. The maximum absolute atomic E-state index is 13.9. The van der Waals surface area contributed by atoms with Gasteiger partial charge in [0, 0.05) is 63.1 Å². The molecule has 2 aliphatic heterocycles. The van der Waals surface area contributed by atoms with Gasteiger partial charge in [0.05, 0.1) is 67.2 Å². The fourth-order valence-electron chi connectivity index (χ4n) is 7.21. The summed E-state index contributed by atoms with van der Waals surface area (Å²) >= 11 is 3.66. The molecule has 46 heavy (non-hydrogen) atoms. The lowest BCUT2D eigenvalue weighted by molar-refractivity contribution is -0.871. The molecule has 0 fully saturated rings. The molecule has 0 N–H and O–H groups in total. The lowest BCUT2D eigenvalue weighted by Gasteiger charge is -2.33. The van der Waals surface area contributed by atoms with E-state index >= 15 is 0 Å².